The second-order valence-corrected chi connectivity index (χ2v) is 6.07. The summed E-state index contributed by atoms with van der Waals surface area (Å²) in [6.45, 7) is 1.82. The summed E-state index contributed by atoms with van der Waals surface area (Å²) in [5.41, 5.74) is 0.732. The van der Waals surface area contributed by atoms with E-state index in [-0.39, 0.29) is 22.5 Å². The van der Waals surface area contributed by atoms with Crippen LogP contribution >= 0.6 is 10.7 Å². The first-order valence-electron chi connectivity index (χ1n) is 5.08. The van der Waals surface area contributed by atoms with E-state index in [0.717, 1.165) is 5.56 Å². The van der Waals surface area contributed by atoms with Crippen molar-refractivity contribution in [2.24, 2.45) is 0 Å². The molecule has 1 unspecified atom stereocenters. The minimum atomic E-state index is -3.96. The highest BCUT2D eigenvalue weighted by Crippen LogP contribution is 2.38. The molecule has 0 N–H and O–H groups in total. The van der Waals surface area contributed by atoms with Gasteiger partial charge in [-0.3, -0.25) is 0 Å². The monoisotopic (exact) mass is 294 g/mol. The molecule has 7 heteroatoms. The Morgan fingerprint density at radius 1 is 1.11 bits per heavy atom. The van der Waals surface area contributed by atoms with Crippen LogP contribution < -0.4 is 9.47 Å². The number of ether oxygens (including phenoxy) is 3. The first-order valence-corrected chi connectivity index (χ1v) is 7.39. The minimum absolute atomic E-state index is 0.128. The molecule has 0 radical (unpaired) electrons. The number of halogens is 1. The molecular formula is C11H15ClO5S. The molecule has 0 saturated heterocycles. The molecule has 0 aromatic heterocycles. The van der Waals surface area contributed by atoms with Crippen molar-refractivity contribution in [3.63, 3.8) is 0 Å². The molecule has 18 heavy (non-hydrogen) atoms. The van der Waals surface area contributed by atoms with Gasteiger partial charge in [0, 0.05) is 17.8 Å². The Labute approximate surface area is 111 Å². The maximum Gasteiger partial charge on any atom is 0.268 e. The van der Waals surface area contributed by atoms with Crippen LogP contribution in [0.2, 0.25) is 0 Å². The van der Waals surface area contributed by atoms with Crippen LogP contribution in [-0.2, 0) is 13.8 Å². The summed E-state index contributed by atoms with van der Waals surface area (Å²) >= 11 is 0. The predicted molar refractivity (Wildman–Crippen MR) is 68.0 cm³/mol. The van der Waals surface area contributed by atoms with Crippen LogP contribution in [0, 0.1) is 0 Å². The van der Waals surface area contributed by atoms with E-state index in [9.17, 15) is 8.42 Å². The van der Waals surface area contributed by atoms with E-state index in [0.29, 0.717) is 0 Å². The predicted octanol–water partition coefficient (Wildman–Crippen LogP) is 2.34. The van der Waals surface area contributed by atoms with Gasteiger partial charge in [-0.05, 0) is 24.6 Å². The van der Waals surface area contributed by atoms with E-state index in [1.807, 2.05) is 6.92 Å². The van der Waals surface area contributed by atoms with Crippen LogP contribution in [0.5, 0.6) is 11.5 Å². The van der Waals surface area contributed by atoms with Gasteiger partial charge in [0.05, 0.1) is 20.3 Å². The normalized spacial score (nSPS) is 13.2. The van der Waals surface area contributed by atoms with Crippen molar-refractivity contribution in [2.45, 2.75) is 17.9 Å². The maximum atomic E-state index is 11.5. The second kappa shape index (κ2) is 5.77. The van der Waals surface area contributed by atoms with Gasteiger partial charge in [0.2, 0.25) is 0 Å². The Kier molecular flexibility index (Phi) is 4.84. The molecule has 0 fully saturated rings. The fraction of sp³-hybridized carbons (Fsp3) is 0.455. The second-order valence-electron chi connectivity index (χ2n) is 3.57. The minimum Gasteiger partial charge on any atom is -0.495 e. The topological polar surface area (TPSA) is 61.8 Å². The largest absolute Gasteiger partial charge is 0.495 e. The molecule has 0 heterocycles. The summed E-state index contributed by atoms with van der Waals surface area (Å²) in [5, 5.41) is 0. The Hall–Kier alpha value is -0.980. The number of hydrogen-bond donors (Lipinski definition) is 0. The molecule has 0 aliphatic rings. The van der Waals surface area contributed by atoms with E-state index < -0.39 is 9.05 Å². The van der Waals surface area contributed by atoms with E-state index in [4.69, 9.17) is 24.9 Å². The lowest BCUT2D eigenvalue weighted by Crippen LogP contribution is -2.04. The van der Waals surface area contributed by atoms with Gasteiger partial charge in [-0.1, -0.05) is 0 Å². The molecule has 0 aliphatic carbocycles. The van der Waals surface area contributed by atoms with Crippen molar-refractivity contribution in [3.8, 4) is 11.5 Å². The van der Waals surface area contributed by atoms with Crippen molar-refractivity contribution in [2.75, 3.05) is 21.3 Å². The third kappa shape index (κ3) is 3.07. The van der Waals surface area contributed by atoms with E-state index in [1.54, 1.807) is 19.2 Å². The van der Waals surface area contributed by atoms with E-state index >= 15 is 0 Å². The molecule has 0 aliphatic heterocycles. The van der Waals surface area contributed by atoms with Crippen molar-refractivity contribution < 1.29 is 22.6 Å². The zero-order valence-corrected chi connectivity index (χ0v) is 12.1. The highest BCUT2D eigenvalue weighted by atomic mass is 35.7. The van der Waals surface area contributed by atoms with Gasteiger partial charge in [0.1, 0.15) is 11.5 Å². The van der Waals surface area contributed by atoms with E-state index in [1.165, 1.54) is 14.2 Å². The third-order valence-electron chi connectivity index (χ3n) is 2.55. The SMILES string of the molecule is COc1cc(C(C)OC)cc(OC)c1S(=O)(=O)Cl. The van der Waals surface area contributed by atoms with Gasteiger partial charge in [0.15, 0.2) is 4.90 Å². The summed E-state index contributed by atoms with van der Waals surface area (Å²) in [6.07, 6.45) is -0.222. The third-order valence-corrected chi connectivity index (χ3v) is 3.90. The lowest BCUT2D eigenvalue weighted by molar-refractivity contribution is 0.119. The number of hydrogen-bond acceptors (Lipinski definition) is 5. The summed E-state index contributed by atoms with van der Waals surface area (Å²) < 4.78 is 38.3. The molecule has 5 nitrogen and oxygen atoms in total. The number of benzene rings is 1. The fourth-order valence-corrected chi connectivity index (χ4v) is 2.73. The molecular weight excluding hydrogens is 280 g/mol. The lowest BCUT2D eigenvalue weighted by atomic mass is 10.1. The van der Waals surface area contributed by atoms with Crippen molar-refractivity contribution in [1.29, 1.82) is 0 Å². The van der Waals surface area contributed by atoms with Gasteiger partial charge < -0.3 is 14.2 Å². The molecule has 0 bridgehead atoms. The molecule has 0 saturated carbocycles. The average molecular weight is 295 g/mol. The van der Waals surface area contributed by atoms with Crippen LogP contribution in [0.1, 0.15) is 18.6 Å². The van der Waals surface area contributed by atoms with E-state index in [2.05, 4.69) is 0 Å². The Morgan fingerprint density at radius 2 is 1.56 bits per heavy atom. The van der Waals surface area contributed by atoms with Gasteiger partial charge in [-0.2, -0.15) is 0 Å². The van der Waals surface area contributed by atoms with Crippen molar-refractivity contribution >= 4 is 19.7 Å². The summed E-state index contributed by atoms with van der Waals surface area (Å²) in [5.74, 6) is 0.256. The first-order chi connectivity index (χ1) is 8.35. The van der Waals surface area contributed by atoms with Gasteiger partial charge in [-0.25, -0.2) is 8.42 Å². The van der Waals surface area contributed by atoms with Crippen LogP contribution in [0.25, 0.3) is 0 Å². The highest BCUT2D eigenvalue weighted by Gasteiger charge is 2.24. The molecule has 1 atom stereocenters. The highest BCUT2D eigenvalue weighted by molar-refractivity contribution is 8.13. The molecule has 0 spiro atoms. The standard InChI is InChI=1S/C11H15ClO5S/c1-7(15-2)8-5-9(16-3)11(18(12,13)14)10(6-8)17-4/h5-7H,1-4H3. The van der Waals surface area contributed by atoms with Crippen molar-refractivity contribution in [3.05, 3.63) is 17.7 Å². The van der Waals surface area contributed by atoms with Crippen molar-refractivity contribution in [1.82, 2.24) is 0 Å². The van der Waals surface area contributed by atoms with Crippen LogP contribution in [0.3, 0.4) is 0 Å². The Bertz CT molecular complexity index is 501. The smallest absolute Gasteiger partial charge is 0.268 e. The van der Waals surface area contributed by atoms with Gasteiger partial charge in [-0.15, -0.1) is 0 Å². The van der Waals surface area contributed by atoms with Gasteiger partial charge >= 0.3 is 0 Å². The number of methoxy groups -OCH3 is 3. The zero-order valence-electron chi connectivity index (χ0n) is 10.6. The van der Waals surface area contributed by atoms with Crippen LogP contribution in [0.4, 0.5) is 0 Å². The van der Waals surface area contributed by atoms with Gasteiger partial charge in [0.25, 0.3) is 9.05 Å². The maximum absolute atomic E-state index is 11.5. The molecule has 1 aromatic rings. The lowest BCUT2D eigenvalue weighted by Gasteiger charge is -2.16. The van der Waals surface area contributed by atoms with Crippen LogP contribution in [0.15, 0.2) is 17.0 Å². The average Bonchev–Trinajstić information content (AvgIpc) is 2.34. The molecule has 1 rings (SSSR count). The fourth-order valence-electron chi connectivity index (χ4n) is 1.51. The number of rotatable bonds is 5. The Balaban J connectivity index is 3.54. The first kappa shape index (κ1) is 15.1. The molecule has 0 amide bonds. The summed E-state index contributed by atoms with van der Waals surface area (Å²) in [7, 11) is 5.69. The summed E-state index contributed by atoms with van der Waals surface area (Å²) in [6, 6.07) is 3.12. The van der Waals surface area contributed by atoms with Crippen LogP contribution in [-0.4, -0.2) is 29.7 Å². The molecule has 102 valence electrons. The molecule has 1 aromatic carbocycles. The quantitative estimate of drug-likeness (QED) is 0.780. The zero-order chi connectivity index (χ0) is 13.9. The Morgan fingerprint density at radius 3 is 1.83 bits per heavy atom. The summed E-state index contributed by atoms with van der Waals surface area (Å²) in [4.78, 5) is -0.179.